The van der Waals surface area contributed by atoms with Crippen molar-refractivity contribution in [1.29, 1.82) is 0 Å². The fourth-order valence-electron chi connectivity index (χ4n) is 2.00. The van der Waals surface area contributed by atoms with E-state index in [1.807, 2.05) is 6.92 Å². The van der Waals surface area contributed by atoms with Crippen molar-refractivity contribution in [2.24, 2.45) is 5.73 Å². The maximum Gasteiger partial charge on any atom is 0.338 e. The minimum Gasteiger partial charge on any atom is -0.479 e. The van der Waals surface area contributed by atoms with Gasteiger partial charge in [0.2, 0.25) is 5.54 Å². The van der Waals surface area contributed by atoms with Crippen molar-refractivity contribution in [1.82, 2.24) is 0 Å². The van der Waals surface area contributed by atoms with E-state index in [0.717, 1.165) is 0 Å². The van der Waals surface area contributed by atoms with E-state index in [1.165, 1.54) is 0 Å². The normalized spacial score (nSPS) is 14.6. The van der Waals surface area contributed by atoms with Gasteiger partial charge in [-0.1, -0.05) is 37.6 Å². The Bertz CT molecular complexity index is 587. The number of ketones is 1. The molecular formula is C16H20BNO5. The van der Waals surface area contributed by atoms with Crippen LogP contribution in [0.5, 0.6) is 0 Å². The van der Waals surface area contributed by atoms with Crippen LogP contribution >= 0.6 is 0 Å². The molecule has 1 aromatic carbocycles. The summed E-state index contributed by atoms with van der Waals surface area (Å²) in [7, 11) is 5.69. The van der Waals surface area contributed by atoms with Gasteiger partial charge in [0.25, 0.3) is 0 Å². The highest BCUT2D eigenvalue weighted by atomic mass is 16.5. The zero-order valence-electron chi connectivity index (χ0n) is 13.2. The van der Waals surface area contributed by atoms with Gasteiger partial charge in [-0.05, 0) is 18.3 Å². The van der Waals surface area contributed by atoms with E-state index in [2.05, 4.69) is 0 Å². The second kappa shape index (κ2) is 7.92. The maximum absolute atomic E-state index is 12.0. The average molecular weight is 317 g/mol. The Hall–Kier alpha value is -2.15. The summed E-state index contributed by atoms with van der Waals surface area (Å²) >= 11 is 0. The first-order valence-corrected chi connectivity index (χ1v) is 7.34. The topological polar surface area (TPSA) is 107 Å². The molecule has 7 heteroatoms. The highest BCUT2D eigenvalue weighted by Crippen LogP contribution is 2.18. The molecule has 0 amide bonds. The first-order valence-electron chi connectivity index (χ1n) is 7.34. The van der Waals surface area contributed by atoms with Gasteiger partial charge in [0.05, 0.1) is 14.5 Å². The third-order valence-electron chi connectivity index (χ3n) is 3.52. The zero-order chi connectivity index (χ0) is 17.6. The number of esters is 1. The second-order valence-electron chi connectivity index (χ2n) is 5.25. The Labute approximate surface area is 136 Å². The van der Waals surface area contributed by atoms with Gasteiger partial charge < -0.3 is 15.6 Å². The molecule has 2 unspecified atom stereocenters. The van der Waals surface area contributed by atoms with Crippen molar-refractivity contribution in [3.8, 4) is 0 Å². The Morgan fingerprint density at radius 1 is 1.26 bits per heavy atom. The van der Waals surface area contributed by atoms with Crippen molar-refractivity contribution in [3.63, 3.8) is 0 Å². The van der Waals surface area contributed by atoms with Crippen molar-refractivity contribution in [2.45, 2.75) is 38.0 Å². The first-order chi connectivity index (χ1) is 10.8. The molecule has 1 aromatic rings. The van der Waals surface area contributed by atoms with Gasteiger partial charge >= 0.3 is 11.9 Å². The predicted molar refractivity (Wildman–Crippen MR) is 85.5 cm³/mol. The summed E-state index contributed by atoms with van der Waals surface area (Å²) in [6.45, 7) is 3.41. The van der Waals surface area contributed by atoms with Gasteiger partial charge in [0.1, 0.15) is 0 Å². The molecule has 0 aromatic heterocycles. The number of Topliss-reactive ketones (excluding diaryl/α,β-unsaturated/α-hetero) is 1. The molecule has 0 aliphatic heterocycles. The summed E-state index contributed by atoms with van der Waals surface area (Å²) in [5.74, 6) is -3.24. The minimum atomic E-state index is -2.17. The van der Waals surface area contributed by atoms with Crippen LogP contribution in [0.2, 0.25) is 5.82 Å². The summed E-state index contributed by atoms with van der Waals surface area (Å²) in [6.07, 6.45) is 0.282. The highest BCUT2D eigenvalue weighted by molar-refractivity contribution is 6.27. The van der Waals surface area contributed by atoms with Crippen molar-refractivity contribution < 1.29 is 24.2 Å². The molecule has 6 nitrogen and oxygen atoms in total. The number of nitrogens with two attached hydrogens (primary N) is 1. The summed E-state index contributed by atoms with van der Waals surface area (Å²) in [6, 6.07) is 6.19. The fourth-order valence-corrected chi connectivity index (χ4v) is 2.00. The molecule has 0 saturated carbocycles. The van der Waals surface area contributed by atoms with Crippen LogP contribution in [0.3, 0.4) is 0 Å². The lowest BCUT2D eigenvalue weighted by Crippen LogP contribution is -2.57. The number of hydrogen-bond acceptors (Lipinski definition) is 5. The largest absolute Gasteiger partial charge is 0.479 e. The summed E-state index contributed by atoms with van der Waals surface area (Å²) in [4.78, 5) is 35.1. The van der Waals surface area contributed by atoms with Crippen LogP contribution in [0, 0.1) is 0 Å². The number of carbonyl (C=O) groups excluding carboxylic acids is 2. The third-order valence-corrected chi connectivity index (χ3v) is 3.52. The first kappa shape index (κ1) is 18.9. The van der Waals surface area contributed by atoms with Gasteiger partial charge in [-0.25, -0.2) is 9.59 Å². The molecule has 2 atom stereocenters. The van der Waals surface area contributed by atoms with E-state index >= 15 is 0 Å². The van der Waals surface area contributed by atoms with E-state index < -0.39 is 23.3 Å². The van der Waals surface area contributed by atoms with Crippen molar-refractivity contribution >= 4 is 25.6 Å². The Morgan fingerprint density at radius 3 is 2.26 bits per heavy atom. The molecule has 3 N–H and O–H groups in total. The summed E-state index contributed by atoms with van der Waals surface area (Å²) < 4.78 is 4.73. The number of aliphatic carboxylic acids is 1. The van der Waals surface area contributed by atoms with E-state index in [4.69, 9.17) is 18.3 Å². The molecular weight excluding hydrogens is 297 g/mol. The molecule has 0 fully saturated rings. The summed E-state index contributed by atoms with van der Waals surface area (Å²) in [5, 5.41) is 9.24. The number of carboxylic acids is 1. The van der Waals surface area contributed by atoms with E-state index in [1.54, 1.807) is 31.2 Å². The number of carboxylic acid groups (broad SMARTS) is 1. The fraction of sp³-hybridized carbons (Fsp3) is 0.438. The molecule has 0 bridgehead atoms. The van der Waals surface area contributed by atoms with Crippen molar-refractivity contribution in [3.05, 3.63) is 35.4 Å². The zero-order valence-corrected chi connectivity index (χ0v) is 13.2. The monoisotopic (exact) mass is 317 g/mol. The Kier molecular flexibility index (Phi) is 6.51. The molecule has 1 rings (SSSR count). The maximum atomic E-state index is 12.0. The van der Waals surface area contributed by atoms with E-state index in [9.17, 15) is 19.5 Å². The van der Waals surface area contributed by atoms with Gasteiger partial charge in [0, 0.05) is 12.0 Å². The third kappa shape index (κ3) is 4.42. The van der Waals surface area contributed by atoms with Crippen LogP contribution in [0.15, 0.2) is 24.3 Å². The van der Waals surface area contributed by atoms with Gasteiger partial charge in [0.15, 0.2) is 5.78 Å². The number of ether oxygens (including phenoxy) is 1. The van der Waals surface area contributed by atoms with Crippen LogP contribution in [0.1, 0.15) is 36.2 Å². The van der Waals surface area contributed by atoms with E-state index in [-0.39, 0.29) is 18.8 Å². The molecule has 0 saturated heterocycles. The highest BCUT2D eigenvalue weighted by Gasteiger charge is 2.44. The number of benzene rings is 1. The van der Waals surface area contributed by atoms with Crippen LogP contribution in [-0.4, -0.2) is 42.8 Å². The van der Waals surface area contributed by atoms with Crippen LogP contribution < -0.4 is 5.73 Å². The lowest BCUT2D eigenvalue weighted by atomic mass is 9.79. The minimum absolute atomic E-state index is 0.0351. The predicted octanol–water partition coefficient (Wildman–Crippen LogP) is 1.12. The standard InChI is InChI=1S/C16H20BNO5/c1-3-12(17)13(19)11-7-5-10(6-8-11)9-16(18,14(20)21)15(22)23-4-2/h5-8,12H,3-4,9,18H2,1-2H3,(H,20,21). The van der Waals surface area contributed by atoms with Crippen LogP contribution in [0.25, 0.3) is 0 Å². The molecule has 2 radical (unpaired) electrons. The number of rotatable bonds is 8. The smallest absolute Gasteiger partial charge is 0.338 e. The quantitative estimate of drug-likeness (QED) is 0.322. The second-order valence-corrected chi connectivity index (χ2v) is 5.25. The Morgan fingerprint density at radius 2 is 1.83 bits per heavy atom. The molecule has 122 valence electrons. The van der Waals surface area contributed by atoms with Crippen LogP contribution in [-0.2, 0) is 20.7 Å². The SMILES string of the molecule is [B]C(CC)C(=O)c1ccc(CC(N)(C(=O)O)C(=O)OCC)cc1. The summed E-state index contributed by atoms with van der Waals surface area (Å²) in [5.41, 5.74) is 4.48. The van der Waals surface area contributed by atoms with Gasteiger partial charge in [-0.3, -0.25) is 4.79 Å². The number of hydrogen-bond donors (Lipinski definition) is 2. The van der Waals surface area contributed by atoms with Gasteiger partial charge in [-0.15, -0.1) is 0 Å². The average Bonchev–Trinajstić information content (AvgIpc) is 2.54. The molecule has 0 spiro atoms. The molecule has 0 aliphatic rings. The number of carbonyl (C=O) groups is 3. The molecule has 23 heavy (non-hydrogen) atoms. The van der Waals surface area contributed by atoms with Crippen LogP contribution in [0.4, 0.5) is 0 Å². The Balaban J connectivity index is 2.97. The van der Waals surface area contributed by atoms with Crippen molar-refractivity contribution in [2.75, 3.05) is 6.61 Å². The lowest BCUT2D eigenvalue weighted by molar-refractivity contribution is -0.160. The lowest BCUT2D eigenvalue weighted by Gasteiger charge is -2.22. The van der Waals surface area contributed by atoms with Gasteiger partial charge in [-0.2, -0.15) is 0 Å². The molecule has 0 aliphatic carbocycles. The van der Waals surface area contributed by atoms with E-state index in [0.29, 0.717) is 17.5 Å². The molecule has 0 heterocycles.